The number of amides is 1. The molecule has 0 atom stereocenters. The van der Waals surface area contributed by atoms with Gasteiger partial charge in [0.15, 0.2) is 0 Å². The van der Waals surface area contributed by atoms with E-state index in [0.29, 0.717) is 25.3 Å². The Morgan fingerprint density at radius 2 is 1.74 bits per heavy atom. The second kappa shape index (κ2) is 9.96. The van der Waals surface area contributed by atoms with Crippen LogP contribution in [0, 0.1) is 6.92 Å². The van der Waals surface area contributed by atoms with E-state index in [-0.39, 0.29) is 5.91 Å². The Bertz CT molecular complexity index is 1360. The summed E-state index contributed by atoms with van der Waals surface area (Å²) in [4.78, 5) is 22.9. The zero-order chi connectivity index (χ0) is 24.4. The standard InChI is InChI=1S/C29H28ClN3O2/c1-3-35-24-10-8-21(9-11-24)28-19-26(25-17-20(2)7-12-27(25)31-28)29(34)33-15-13-32(14-16-33)23-6-4-5-22(30)18-23/h4-12,17-19H,3,13-16H2,1-2H3. The molecule has 0 radical (unpaired) electrons. The minimum Gasteiger partial charge on any atom is -0.494 e. The molecule has 0 aliphatic carbocycles. The van der Waals surface area contributed by atoms with Crippen molar-refractivity contribution in [1.29, 1.82) is 0 Å². The maximum Gasteiger partial charge on any atom is 0.254 e. The van der Waals surface area contributed by atoms with Crippen molar-refractivity contribution < 1.29 is 9.53 Å². The predicted molar refractivity (Wildman–Crippen MR) is 143 cm³/mol. The Labute approximate surface area is 210 Å². The highest BCUT2D eigenvalue weighted by Gasteiger charge is 2.25. The third-order valence-electron chi connectivity index (χ3n) is 6.40. The number of hydrogen-bond acceptors (Lipinski definition) is 4. The predicted octanol–water partition coefficient (Wildman–Crippen LogP) is 6.22. The maximum absolute atomic E-state index is 13.8. The van der Waals surface area contributed by atoms with E-state index in [1.54, 1.807) is 0 Å². The molecule has 1 aliphatic rings. The van der Waals surface area contributed by atoms with E-state index < -0.39 is 0 Å². The monoisotopic (exact) mass is 485 g/mol. The second-order valence-corrected chi connectivity index (χ2v) is 9.23. The van der Waals surface area contributed by atoms with Crippen molar-refractivity contribution >= 4 is 34.1 Å². The summed E-state index contributed by atoms with van der Waals surface area (Å²) in [5.41, 5.74) is 5.45. The molecule has 0 unspecified atom stereocenters. The molecule has 0 saturated carbocycles. The van der Waals surface area contributed by atoms with Crippen LogP contribution in [0.3, 0.4) is 0 Å². The third-order valence-corrected chi connectivity index (χ3v) is 6.63. The number of halogens is 1. The first-order chi connectivity index (χ1) is 17.0. The molecule has 5 nitrogen and oxygen atoms in total. The van der Waals surface area contributed by atoms with Crippen LogP contribution in [0.15, 0.2) is 72.8 Å². The molecule has 6 heteroatoms. The quantitative estimate of drug-likeness (QED) is 0.336. The fourth-order valence-corrected chi connectivity index (χ4v) is 4.75. The van der Waals surface area contributed by atoms with Crippen molar-refractivity contribution in [3.05, 3.63) is 88.9 Å². The second-order valence-electron chi connectivity index (χ2n) is 8.79. The summed E-state index contributed by atoms with van der Waals surface area (Å²) in [5, 5.41) is 1.61. The Balaban J connectivity index is 1.44. The minimum atomic E-state index is 0.0425. The molecule has 0 N–H and O–H groups in total. The van der Waals surface area contributed by atoms with Crippen molar-refractivity contribution in [3.8, 4) is 17.0 Å². The molecular weight excluding hydrogens is 458 g/mol. The van der Waals surface area contributed by atoms with Crippen LogP contribution < -0.4 is 9.64 Å². The molecule has 4 aromatic rings. The van der Waals surface area contributed by atoms with Crippen molar-refractivity contribution in [2.45, 2.75) is 13.8 Å². The molecule has 1 amide bonds. The summed E-state index contributed by atoms with van der Waals surface area (Å²) in [5.74, 6) is 0.863. The summed E-state index contributed by atoms with van der Waals surface area (Å²) < 4.78 is 5.58. The lowest BCUT2D eigenvalue weighted by Crippen LogP contribution is -2.48. The van der Waals surface area contributed by atoms with Crippen LogP contribution in [0.4, 0.5) is 5.69 Å². The van der Waals surface area contributed by atoms with Crippen LogP contribution in [0.25, 0.3) is 22.2 Å². The number of fused-ring (bicyclic) bond motifs is 1. The Hall–Kier alpha value is -3.57. The fourth-order valence-electron chi connectivity index (χ4n) is 4.56. The first-order valence-corrected chi connectivity index (χ1v) is 12.3. The number of carbonyl (C=O) groups excluding carboxylic acids is 1. The van der Waals surface area contributed by atoms with E-state index in [4.69, 9.17) is 21.3 Å². The molecule has 1 aromatic heterocycles. The van der Waals surface area contributed by atoms with Gasteiger partial charge in [-0.2, -0.15) is 0 Å². The molecule has 2 heterocycles. The molecule has 1 aliphatic heterocycles. The molecule has 178 valence electrons. The highest BCUT2D eigenvalue weighted by atomic mass is 35.5. The van der Waals surface area contributed by atoms with Gasteiger partial charge >= 0.3 is 0 Å². The summed E-state index contributed by atoms with van der Waals surface area (Å²) in [6.07, 6.45) is 0. The highest BCUT2D eigenvalue weighted by molar-refractivity contribution is 6.30. The van der Waals surface area contributed by atoms with Gasteiger partial charge in [0, 0.05) is 47.8 Å². The van der Waals surface area contributed by atoms with Gasteiger partial charge in [0.25, 0.3) is 5.91 Å². The molecule has 1 fully saturated rings. The first-order valence-electron chi connectivity index (χ1n) is 12.0. The van der Waals surface area contributed by atoms with Gasteiger partial charge in [-0.1, -0.05) is 29.3 Å². The van der Waals surface area contributed by atoms with E-state index in [1.807, 2.05) is 79.4 Å². The van der Waals surface area contributed by atoms with Crippen LogP contribution >= 0.6 is 11.6 Å². The number of piperazine rings is 1. The smallest absolute Gasteiger partial charge is 0.254 e. The molecule has 1 saturated heterocycles. The average Bonchev–Trinajstić information content (AvgIpc) is 2.88. The number of nitrogens with zero attached hydrogens (tertiary/aromatic N) is 3. The molecule has 35 heavy (non-hydrogen) atoms. The number of rotatable bonds is 5. The van der Waals surface area contributed by atoms with Crippen molar-refractivity contribution in [2.75, 3.05) is 37.7 Å². The van der Waals surface area contributed by atoms with E-state index in [0.717, 1.165) is 57.3 Å². The molecule has 5 rings (SSSR count). The lowest BCUT2D eigenvalue weighted by atomic mass is 10.0. The minimum absolute atomic E-state index is 0.0425. The van der Waals surface area contributed by atoms with Gasteiger partial charge in [-0.15, -0.1) is 0 Å². The average molecular weight is 486 g/mol. The third kappa shape index (κ3) is 4.96. The topological polar surface area (TPSA) is 45.7 Å². The Morgan fingerprint density at radius 1 is 0.971 bits per heavy atom. The normalized spacial score (nSPS) is 13.8. The number of ether oxygens (including phenoxy) is 1. The van der Waals surface area contributed by atoms with Crippen LogP contribution in [0.5, 0.6) is 5.75 Å². The fraction of sp³-hybridized carbons (Fsp3) is 0.241. The lowest BCUT2D eigenvalue weighted by molar-refractivity contribution is 0.0748. The van der Waals surface area contributed by atoms with Gasteiger partial charge < -0.3 is 14.5 Å². The van der Waals surface area contributed by atoms with Crippen molar-refractivity contribution in [1.82, 2.24) is 9.88 Å². The number of pyridine rings is 1. The molecule has 3 aromatic carbocycles. The largest absolute Gasteiger partial charge is 0.494 e. The molecule has 0 bridgehead atoms. The van der Waals surface area contributed by atoms with Gasteiger partial charge in [-0.3, -0.25) is 4.79 Å². The highest BCUT2D eigenvalue weighted by Crippen LogP contribution is 2.29. The maximum atomic E-state index is 13.8. The first kappa shape index (κ1) is 23.2. The van der Waals surface area contributed by atoms with Gasteiger partial charge in [0.2, 0.25) is 0 Å². The van der Waals surface area contributed by atoms with Gasteiger partial charge in [0.1, 0.15) is 5.75 Å². The zero-order valence-corrected chi connectivity index (χ0v) is 20.8. The Kier molecular flexibility index (Phi) is 6.60. The van der Waals surface area contributed by atoms with E-state index in [1.165, 1.54) is 0 Å². The SMILES string of the molecule is CCOc1ccc(-c2cc(C(=O)N3CCN(c4cccc(Cl)c4)CC3)c3cc(C)ccc3n2)cc1. The van der Waals surface area contributed by atoms with Crippen molar-refractivity contribution in [3.63, 3.8) is 0 Å². The van der Waals surface area contributed by atoms with Crippen molar-refractivity contribution in [2.24, 2.45) is 0 Å². The molecule has 0 spiro atoms. The summed E-state index contributed by atoms with van der Waals surface area (Å²) >= 11 is 6.18. The van der Waals surface area contributed by atoms with Crippen LogP contribution in [-0.4, -0.2) is 48.6 Å². The van der Waals surface area contributed by atoms with E-state index >= 15 is 0 Å². The zero-order valence-electron chi connectivity index (χ0n) is 20.0. The molecular formula is C29H28ClN3O2. The summed E-state index contributed by atoms with van der Waals surface area (Å²) in [6, 6.07) is 23.8. The van der Waals surface area contributed by atoms with E-state index in [2.05, 4.69) is 17.0 Å². The summed E-state index contributed by atoms with van der Waals surface area (Å²) in [7, 11) is 0. The van der Waals surface area contributed by atoms with Crippen LogP contribution in [-0.2, 0) is 0 Å². The van der Waals surface area contributed by atoms with E-state index in [9.17, 15) is 4.79 Å². The number of carbonyl (C=O) groups is 1. The Morgan fingerprint density at radius 3 is 2.46 bits per heavy atom. The van der Waals surface area contributed by atoms with Gasteiger partial charge in [0.05, 0.1) is 23.4 Å². The number of aromatic nitrogens is 1. The number of anilines is 1. The number of aryl methyl sites for hydroxylation is 1. The summed E-state index contributed by atoms with van der Waals surface area (Å²) in [6.45, 7) is 7.46. The van der Waals surface area contributed by atoms with Gasteiger partial charge in [-0.05, 0) is 74.5 Å². The number of hydrogen-bond donors (Lipinski definition) is 0. The van der Waals surface area contributed by atoms with Crippen LogP contribution in [0.2, 0.25) is 5.02 Å². The number of benzene rings is 3. The lowest BCUT2D eigenvalue weighted by Gasteiger charge is -2.36. The van der Waals surface area contributed by atoms with Crippen LogP contribution in [0.1, 0.15) is 22.8 Å². The van der Waals surface area contributed by atoms with Gasteiger partial charge in [-0.25, -0.2) is 4.98 Å².